The van der Waals surface area contributed by atoms with Gasteiger partial charge in [-0.25, -0.2) is 0 Å². The number of Topliss-reactive ketones (excluding diaryl/α,β-unsaturated/α-hetero) is 1. The average molecular weight is 775 g/mol. The second-order valence-electron chi connectivity index (χ2n) is 14.2. The number of ether oxygens (including phenoxy) is 4. The molecule has 2 aromatic carbocycles. The van der Waals surface area contributed by atoms with Crippen LogP contribution in [0.1, 0.15) is 76.9 Å². The topological polar surface area (TPSA) is 216 Å². The zero-order valence-electron chi connectivity index (χ0n) is 33.3. The molecule has 5 bridgehead atoms. The van der Waals surface area contributed by atoms with E-state index in [0.29, 0.717) is 0 Å². The minimum atomic E-state index is -2.05. The van der Waals surface area contributed by atoms with Gasteiger partial charge in [0.25, 0.3) is 11.7 Å². The zero-order valence-corrected chi connectivity index (χ0v) is 35.3. The van der Waals surface area contributed by atoms with E-state index in [0.717, 1.165) is 0 Å². The van der Waals surface area contributed by atoms with Crippen molar-refractivity contribution in [3.63, 3.8) is 0 Å². The van der Waals surface area contributed by atoms with Crippen molar-refractivity contribution in [1.29, 1.82) is 0 Å². The number of fused-ring (bicyclic) bond motifs is 14. The second kappa shape index (κ2) is 18.4. The van der Waals surface area contributed by atoms with Gasteiger partial charge in [-0.2, -0.15) is 0 Å². The molecular weight excluding hydrogens is 723 g/mol. The van der Waals surface area contributed by atoms with Crippen LogP contribution >= 0.6 is 0 Å². The molecule has 9 unspecified atom stereocenters. The van der Waals surface area contributed by atoms with Crippen LogP contribution in [0.5, 0.6) is 23.0 Å². The van der Waals surface area contributed by atoms with Crippen molar-refractivity contribution in [1.82, 2.24) is 0 Å². The number of aliphatic hydroxyl groups excluding tert-OH is 2. The maximum absolute atomic E-state index is 14.2. The van der Waals surface area contributed by atoms with E-state index in [2.05, 4.69) is 10.3 Å². The molecule has 0 radical (unpaired) electrons. The first-order chi connectivity index (χ1) is 25.3. The van der Waals surface area contributed by atoms with Crippen LogP contribution in [-0.2, 0) is 23.8 Å². The molecule has 0 aromatic heterocycles. The van der Waals surface area contributed by atoms with Gasteiger partial charge in [-0.1, -0.05) is 51.7 Å². The predicted molar refractivity (Wildman–Crippen MR) is 200 cm³/mol. The fourth-order valence-corrected chi connectivity index (χ4v) is 7.09. The number of allylic oxidation sites excluding steroid dienone is 2. The number of phenolic OH excluding ortho intramolecular Hbond substituents is 2. The number of aliphatic hydroxyl groups is 2. The molecule has 2 aromatic rings. The first-order valence-electron chi connectivity index (χ1n) is 17.9. The van der Waals surface area contributed by atoms with E-state index in [1.54, 1.807) is 46.8 Å². The van der Waals surface area contributed by atoms with Gasteiger partial charge in [0, 0.05) is 73.7 Å². The van der Waals surface area contributed by atoms with Gasteiger partial charge < -0.3 is 49.8 Å². The monoisotopic (exact) mass is 774 g/mol. The molecule has 0 fully saturated rings. The van der Waals surface area contributed by atoms with E-state index >= 15 is 0 Å². The third-order valence-corrected chi connectivity index (χ3v) is 10.4. The fraction of sp³-hybridized carbons (Fsp3) is 0.500. The number of benzene rings is 2. The van der Waals surface area contributed by atoms with E-state index in [1.165, 1.54) is 59.4 Å². The summed E-state index contributed by atoms with van der Waals surface area (Å²) in [6.45, 7) is 14.4. The van der Waals surface area contributed by atoms with Crippen molar-refractivity contribution in [3.05, 3.63) is 52.8 Å². The molecule has 0 saturated heterocycles. The SMILES string of the molecule is CCOC1/C=C/OC2(C)Oc3c(C)c([O-])c4c(O)c(c(C=NC)c(O)c4c3C2=O)NC(=O)/C(C)=C\C=C\C(C)C(O)C(C)C(O)C(C)C(OC(C)=O)C1C.[Na+]. The number of hydrogen-bond acceptors (Lipinski definition) is 13. The number of carbonyl (C=O) groups excluding carboxylic acids is 3. The molecule has 3 heterocycles. The molecule has 3 aliphatic heterocycles. The zero-order chi connectivity index (χ0) is 40.4. The predicted octanol–water partition coefficient (Wildman–Crippen LogP) is 1.56. The standard InChI is InChI=1S/C40H52N2O12.Na/c1-11-51-26-15-16-52-40(9)38(49)29-27-28(33(46)23(7)37(29)54-40)35(48)30(25(17-41-10)34(27)47)42-39(50)19(3)14-12-13-18(2)31(44)21(5)32(45)22(6)36(20(26)4)53-24(8)43;/h12-18,20-22,26,31-32,36,44-48H,11H2,1-10H3,(H,42,50);/q;+1/p-1/b13-12+,16-15+,19-14-,41-17?;. The first-order valence-corrected chi connectivity index (χ1v) is 17.9. The number of nitrogens with one attached hydrogen (secondary N) is 1. The van der Waals surface area contributed by atoms with Crippen LogP contribution in [0.3, 0.4) is 0 Å². The van der Waals surface area contributed by atoms with Gasteiger partial charge >= 0.3 is 41.3 Å². The number of anilines is 1. The summed E-state index contributed by atoms with van der Waals surface area (Å²) in [6, 6.07) is 0. The van der Waals surface area contributed by atoms with Crippen molar-refractivity contribution in [2.24, 2.45) is 28.7 Å². The Hall–Kier alpha value is -3.92. The van der Waals surface area contributed by atoms with Crippen LogP contribution in [0.25, 0.3) is 10.8 Å². The third kappa shape index (κ3) is 8.90. The van der Waals surface area contributed by atoms with Gasteiger partial charge in [-0.3, -0.25) is 19.4 Å². The molecule has 5 N–H and O–H groups in total. The van der Waals surface area contributed by atoms with Crippen molar-refractivity contribution in [2.75, 3.05) is 19.0 Å². The molecule has 14 nitrogen and oxygen atoms in total. The Morgan fingerprint density at radius 1 is 1.04 bits per heavy atom. The van der Waals surface area contributed by atoms with Crippen molar-refractivity contribution >= 4 is 40.3 Å². The molecule has 0 saturated carbocycles. The van der Waals surface area contributed by atoms with E-state index < -0.39 is 94.2 Å². The number of rotatable bonds is 4. The number of phenols is 2. The molecule has 1 amide bonds. The molecule has 15 heteroatoms. The number of nitrogens with zero attached hydrogens (tertiary/aromatic N) is 1. The first kappa shape index (κ1) is 45.5. The number of amides is 1. The van der Waals surface area contributed by atoms with Gasteiger partial charge in [0.15, 0.2) is 0 Å². The summed E-state index contributed by atoms with van der Waals surface area (Å²) in [4.78, 5) is 43.9. The molecule has 3 aliphatic rings. The Morgan fingerprint density at radius 2 is 1.69 bits per heavy atom. The van der Waals surface area contributed by atoms with Crippen LogP contribution in [0.15, 0.2) is 41.1 Å². The smallest absolute Gasteiger partial charge is 0.872 e. The van der Waals surface area contributed by atoms with Crippen molar-refractivity contribution < 1.29 is 88.4 Å². The normalized spacial score (nSPS) is 31.2. The van der Waals surface area contributed by atoms with Crippen LogP contribution in [0.2, 0.25) is 0 Å². The van der Waals surface area contributed by atoms with Crippen LogP contribution in [0, 0.1) is 30.6 Å². The number of ketones is 1. The summed E-state index contributed by atoms with van der Waals surface area (Å²) >= 11 is 0. The summed E-state index contributed by atoms with van der Waals surface area (Å²) in [7, 11) is 1.40. The molecule has 294 valence electrons. The Bertz CT molecular complexity index is 1920. The van der Waals surface area contributed by atoms with Gasteiger partial charge in [-0.05, 0) is 32.4 Å². The number of hydrogen-bond donors (Lipinski definition) is 5. The maximum Gasteiger partial charge on any atom is 1.00 e. The number of carbonyl (C=O) groups is 3. The summed E-state index contributed by atoms with van der Waals surface area (Å²) < 4.78 is 23.7. The van der Waals surface area contributed by atoms with E-state index in [9.17, 15) is 39.9 Å². The van der Waals surface area contributed by atoms with E-state index in [-0.39, 0.29) is 75.3 Å². The minimum Gasteiger partial charge on any atom is -0.872 e. The van der Waals surface area contributed by atoms with Crippen LogP contribution in [0.4, 0.5) is 5.69 Å². The Kier molecular flexibility index (Phi) is 15.2. The number of esters is 1. The fourth-order valence-electron chi connectivity index (χ4n) is 7.09. The molecule has 0 spiro atoms. The summed E-state index contributed by atoms with van der Waals surface area (Å²) in [5.74, 6) is -8.82. The van der Waals surface area contributed by atoms with Crippen LogP contribution < -0.4 is 44.7 Å². The van der Waals surface area contributed by atoms with Gasteiger partial charge in [0.05, 0.1) is 41.4 Å². The van der Waals surface area contributed by atoms with E-state index in [1.807, 2.05) is 0 Å². The van der Waals surface area contributed by atoms with Gasteiger partial charge in [-0.15, -0.1) is 0 Å². The Labute approximate surface area is 343 Å². The number of aromatic hydroxyl groups is 2. The Balaban J connectivity index is 0.00000812. The number of aliphatic imine (C=N–C) groups is 1. The second-order valence-corrected chi connectivity index (χ2v) is 14.2. The van der Waals surface area contributed by atoms with Crippen LogP contribution in [-0.4, -0.2) is 88.2 Å². The molecule has 9 atom stereocenters. The summed E-state index contributed by atoms with van der Waals surface area (Å²) in [5, 5.41) is 61.6. The molecule has 55 heavy (non-hydrogen) atoms. The molecule has 5 rings (SSSR count). The quantitative estimate of drug-likeness (QED) is 0.0984. The summed E-state index contributed by atoms with van der Waals surface area (Å²) in [6.07, 6.45) is 4.69. The van der Waals surface area contributed by atoms with Crippen molar-refractivity contribution in [3.8, 4) is 23.0 Å². The average Bonchev–Trinajstić information content (AvgIpc) is 3.39. The largest absolute Gasteiger partial charge is 1.00 e. The maximum atomic E-state index is 14.2. The molecule has 0 aliphatic carbocycles. The van der Waals surface area contributed by atoms with Crippen molar-refractivity contribution in [2.45, 2.75) is 92.5 Å². The Morgan fingerprint density at radius 3 is 2.29 bits per heavy atom. The third-order valence-electron chi connectivity index (χ3n) is 10.4. The molecular formula is C40H51N2NaO12. The summed E-state index contributed by atoms with van der Waals surface area (Å²) in [5.41, 5.74) is -0.600. The van der Waals surface area contributed by atoms with Gasteiger partial charge in [0.2, 0.25) is 0 Å². The van der Waals surface area contributed by atoms with Gasteiger partial charge in [0.1, 0.15) is 23.4 Å². The minimum absolute atomic E-state index is 0. The van der Waals surface area contributed by atoms with E-state index in [4.69, 9.17) is 18.9 Å².